The van der Waals surface area contributed by atoms with Crippen molar-refractivity contribution in [2.75, 3.05) is 0 Å². The Labute approximate surface area is 88.4 Å². The third-order valence-electron chi connectivity index (χ3n) is 2.07. The maximum Gasteiger partial charge on any atom is 0.351 e. The summed E-state index contributed by atoms with van der Waals surface area (Å²) in [7, 11) is 0. The fourth-order valence-corrected chi connectivity index (χ4v) is 1.09. The van der Waals surface area contributed by atoms with Crippen LogP contribution < -0.4 is 5.73 Å². The summed E-state index contributed by atoms with van der Waals surface area (Å²) in [5.41, 5.74) is 7.09. The lowest BCUT2D eigenvalue weighted by Gasteiger charge is -1.99. The van der Waals surface area contributed by atoms with E-state index in [4.69, 9.17) is 10.8 Å². The molecule has 1 aromatic heterocycles. The third-order valence-corrected chi connectivity index (χ3v) is 2.07. The highest BCUT2D eigenvalue weighted by atomic mass is 16.4. The summed E-state index contributed by atoms with van der Waals surface area (Å²) in [6.45, 7) is 2.05. The zero-order valence-electron chi connectivity index (χ0n) is 8.60. The van der Waals surface area contributed by atoms with Crippen molar-refractivity contribution < 1.29 is 9.90 Å². The summed E-state index contributed by atoms with van der Waals surface area (Å²) in [4.78, 5) is 14.6. The Bertz CT molecular complexity index is 369. The number of carbonyl (C=O) groups is 1. The fraction of sp³-hybridized carbons (Fsp3) is 0.273. The van der Waals surface area contributed by atoms with Gasteiger partial charge < -0.3 is 10.8 Å². The maximum atomic E-state index is 10.4. The number of nitrogens with two attached hydrogens (primary N) is 1. The molecule has 0 aliphatic heterocycles. The quantitative estimate of drug-likeness (QED) is 0.723. The first-order valence-corrected chi connectivity index (χ1v) is 4.76. The minimum atomic E-state index is -1.10. The van der Waals surface area contributed by atoms with Gasteiger partial charge >= 0.3 is 5.97 Å². The van der Waals surface area contributed by atoms with Crippen molar-refractivity contribution in [3.05, 3.63) is 41.4 Å². The number of carboxylic acid groups (broad SMARTS) is 1. The summed E-state index contributed by atoms with van der Waals surface area (Å²) >= 11 is 0. The van der Waals surface area contributed by atoms with Gasteiger partial charge in [0, 0.05) is 18.3 Å². The molecule has 0 unspecified atom stereocenters. The van der Waals surface area contributed by atoms with Gasteiger partial charge in [-0.05, 0) is 24.1 Å². The molecule has 3 N–H and O–H groups in total. The first-order valence-electron chi connectivity index (χ1n) is 4.76. The molecule has 0 saturated carbocycles. The first-order chi connectivity index (χ1) is 7.13. The molecule has 4 heteroatoms. The van der Waals surface area contributed by atoms with Crippen molar-refractivity contribution in [1.29, 1.82) is 0 Å². The van der Waals surface area contributed by atoms with Crippen molar-refractivity contribution in [3.8, 4) is 0 Å². The number of nitrogens with zero attached hydrogens (tertiary/aromatic N) is 1. The number of rotatable bonds is 4. The molecule has 0 atom stereocenters. The molecule has 1 aromatic rings. The lowest BCUT2D eigenvalue weighted by Crippen LogP contribution is -2.10. The number of aliphatic carboxylic acids is 1. The molecule has 0 spiro atoms. The third kappa shape index (κ3) is 3.42. The summed E-state index contributed by atoms with van der Waals surface area (Å²) in [5.74, 6) is -1.10. The van der Waals surface area contributed by atoms with E-state index < -0.39 is 5.97 Å². The highest BCUT2D eigenvalue weighted by Gasteiger charge is 2.00. The number of pyridine rings is 1. The Balaban J connectivity index is 2.66. The molecule has 1 heterocycles. The van der Waals surface area contributed by atoms with Crippen LogP contribution in [0.2, 0.25) is 0 Å². The lowest BCUT2D eigenvalue weighted by atomic mass is 10.2. The van der Waals surface area contributed by atoms with Gasteiger partial charge in [-0.25, -0.2) is 4.79 Å². The summed E-state index contributed by atoms with van der Waals surface area (Å²) in [6, 6.07) is 3.86. The number of carboxylic acids is 1. The highest BCUT2D eigenvalue weighted by molar-refractivity contribution is 5.85. The molecule has 0 aliphatic carbocycles. The number of aryl methyl sites for hydroxylation is 1. The van der Waals surface area contributed by atoms with Gasteiger partial charge in [0.25, 0.3) is 0 Å². The maximum absolute atomic E-state index is 10.4. The van der Waals surface area contributed by atoms with Crippen molar-refractivity contribution >= 4 is 5.97 Å². The van der Waals surface area contributed by atoms with E-state index in [0.717, 1.165) is 17.7 Å². The Morgan fingerprint density at radius 1 is 1.60 bits per heavy atom. The second-order valence-corrected chi connectivity index (χ2v) is 3.18. The molecule has 1 rings (SSSR count). The molecule has 0 radical (unpaired) electrons. The van der Waals surface area contributed by atoms with E-state index in [1.54, 1.807) is 6.20 Å². The number of hydrogen-bond donors (Lipinski definition) is 2. The lowest BCUT2D eigenvalue weighted by molar-refractivity contribution is -0.132. The molecule has 0 aromatic carbocycles. The molecule has 0 bridgehead atoms. The van der Waals surface area contributed by atoms with E-state index in [1.807, 2.05) is 12.1 Å². The first kappa shape index (κ1) is 11.2. The van der Waals surface area contributed by atoms with Crippen molar-refractivity contribution in [3.63, 3.8) is 0 Å². The molecule has 0 amide bonds. The van der Waals surface area contributed by atoms with E-state index in [2.05, 4.69) is 11.9 Å². The molecule has 80 valence electrons. The van der Waals surface area contributed by atoms with Gasteiger partial charge in [0.05, 0.1) is 0 Å². The second-order valence-electron chi connectivity index (χ2n) is 3.18. The number of allylic oxidation sites excluding steroid dienone is 1. The number of aromatic nitrogens is 1. The average Bonchev–Trinajstić information content (AvgIpc) is 2.26. The topological polar surface area (TPSA) is 76.2 Å². The van der Waals surface area contributed by atoms with Crippen molar-refractivity contribution in [2.24, 2.45) is 5.73 Å². The fourth-order valence-electron chi connectivity index (χ4n) is 1.09. The van der Waals surface area contributed by atoms with Crippen LogP contribution in [0, 0.1) is 0 Å². The molecule has 0 fully saturated rings. The summed E-state index contributed by atoms with van der Waals surface area (Å²) < 4.78 is 0. The van der Waals surface area contributed by atoms with E-state index in [-0.39, 0.29) is 5.70 Å². The molecule has 0 saturated heterocycles. The molecule has 15 heavy (non-hydrogen) atoms. The Kier molecular flexibility index (Phi) is 3.85. The molecule has 4 nitrogen and oxygen atoms in total. The van der Waals surface area contributed by atoms with Gasteiger partial charge in [-0.15, -0.1) is 0 Å². The zero-order valence-corrected chi connectivity index (χ0v) is 8.60. The summed E-state index contributed by atoms with van der Waals surface area (Å²) in [5, 5.41) is 8.53. The second kappa shape index (κ2) is 5.14. The smallest absolute Gasteiger partial charge is 0.351 e. The van der Waals surface area contributed by atoms with Crippen LogP contribution in [0.25, 0.3) is 0 Å². The van der Waals surface area contributed by atoms with Gasteiger partial charge in [0.15, 0.2) is 0 Å². The predicted molar refractivity (Wildman–Crippen MR) is 57.2 cm³/mol. The van der Waals surface area contributed by atoms with Crippen LogP contribution in [0.3, 0.4) is 0 Å². The van der Waals surface area contributed by atoms with Crippen LogP contribution in [0.1, 0.15) is 18.2 Å². The number of hydrogen-bond acceptors (Lipinski definition) is 3. The van der Waals surface area contributed by atoms with Crippen LogP contribution in [0.4, 0.5) is 0 Å². The standard InChI is InChI=1S/C11H14N2O2/c1-2-8-3-4-9(13-7-8)5-6-10(12)11(14)15/h3-4,6-7H,2,5,12H2,1H3,(H,14,15)/b10-6+. The normalized spacial score (nSPS) is 11.4. The van der Waals surface area contributed by atoms with Gasteiger partial charge in [-0.3, -0.25) is 4.98 Å². The van der Waals surface area contributed by atoms with Crippen LogP contribution >= 0.6 is 0 Å². The Morgan fingerprint density at radius 3 is 2.80 bits per heavy atom. The van der Waals surface area contributed by atoms with E-state index >= 15 is 0 Å². The van der Waals surface area contributed by atoms with E-state index in [9.17, 15) is 4.79 Å². The monoisotopic (exact) mass is 206 g/mol. The van der Waals surface area contributed by atoms with Crippen LogP contribution in [0.5, 0.6) is 0 Å². The predicted octanol–water partition coefficient (Wildman–Crippen LogP) is 1.11. The van der Waals surface area contributed by atoms with Gasteiger partial charge in [-0.2, -0.15) is 0 Å². The average molecular weight is 206 g/mol. The Hall–Kier alpha value is -1.84. The van der Waals surface area contributed by atoms with Gasteiger partial charge in [0.1, 0.15) is 5.70 Å². The van der Waals surface area contributed by atoms with E-state index in [1.165, 1.54) is 6.08 Å². The minimum Gasteiger partial charge on any atom is -0.477 e. The van der Waals surface area contributed by atoms with Gasteiger partial charge in [-0.1, -0.05) is 13.0 Å². The Morgan fingerprint density at radius 2 is 2.33 bits per heavy atom. The largest absolute Gasteiger partial charge is 0.477 e. The molecular weight excluding hydrogens is 192 g/mol. The summed E-state index contributed by atoms with van der Waals surface area (Å²) in [6.07, 6.45) is 4.64. The van der Waals surface area contributed by atoms with Crippen molar-refractivity contribution in [2.45, 2.75) is 19.8 Å². The van der Waals surface area contributed by atoms with Crippen LogP contribution in [-0.2, 0) is 17.6 Å². The van der Waals surface area contributed by atoms with Crippen molar-refractivity contribution in [1.82, 2.24) is 4.98 Å². The van der Waals surface area contributed by atoms with Crippen LogP contribution in [0.15, 0.2) is 30.1 Å². The minimum absolute atomic E-state index is 0.142. The van der Waals surface area contributed by atoms with Crippen LogP contribution in [-0.4, -0.2) is 16.1 Å². The zero-order chi connectivity index (χ0) is 11.3. The van der Waals surface area contributed by atoms with Gasteiger partial charge in [0.2, 0.25) is 0 Å². The van der Waals surface area contributed by atoms with E-state index in [0.29, 0.717) is 6.42 Å². The SMILES string of the molecule is CCc1ccc(C/C=C(/N)C(=O)O)nc1. The highest BCUT2D eigenvalue weighted by Crippen LogP contribution is 2.02. The molecular formula is C11H14N2O2. The molecule has 0 aliphatic rings.